The van der Waals surface area contributed by atoms with Gasteiger partial charge in [-0.15, -0.1) is 0 Å². The maximum atomic E-state index is 12.5. The van der Waals surface area contributed by atoms with E-state index in [9.17, 15) is 13.2 Å². The Morgan fingerprint density at radius 3 is 2.63 bits per heavy atom. The number of aromatic amines is 1. The van der Waals surface area contributed by atoms with Crippen molar-refractivity contribution in [3.63, 3.8) is 0 Å². The quantitative estimate of drug-likeness (QED) is 0.459. The van der Waals surface area contributed by atoms with Crippen LogP contribution < -0.4 is 10.5 Å². The van der Waals surface area contributed by atoms with E-state index >= 15 is 0 Å². The Kier molecular flexibility index (Phi) is 5.11. The molecule has 0 unspecified atom stereocenters. The van der Waals surface area contributed by atoms with Crippen LogP contribution in [0.5, 0.6) is 0 Å². The Labute approximate surface area is 174 Å². The second-order valence-corrected chi connectivity index (χ2v) is 8.63. The van der Waals surface area contributed by atoms with Gasteiger partial charge in [0.2, 0.25) is 15.9 Å². The number of amides is 1. The van der Waals surface area contributed by atoms with E-state index in [-0.39, 0.29) is 17.2 Å². The van der Waals surface area contributed by atoms with E-state index in [0.29, 0.717) is 11.3 Å². The number of rotatable bonds is 5. The van der Waals surface area contributed by atoms with Crippen molar-refractivity contribution in [3.8, 4) is 11.3 Å². The summed E-state index contributed by atoms with van der Waals surface area (Å²) in [6, 6.07) is 19.5. The number of benzene rings is 3. The van der Waals surface area contributed by atoms with Crippen molar-refractivity contribution in [1.29, 1.82) is 0 Å². The third-order valence-electron chi connectivity index (χ3n) is 4.85. The van der Waals surface area contributed by atoms with Crippen molar-refractivity contribution in [1.82, 2.24) is 10.2 Å². The summed E-state index contributed by atoms with van der Waals surface area (Å²) in [6.07, 6.45) is 0.201. The molecule has 1 heterocycles. The van der Waals surface area contributed by atoms with Crippen LogP contribution in [0, 0.1) is 6.92 Å². The van der Waals surface area contributed by atoms with Crippen molar-refractivity contribution in [2.45, 2.75) is 18.2 Å². The monoisotopic (exact) mass is 420 g/mol. The summed E-state index contributed by atoms with van der Waals surface area (Å²) in [5.74, 6) is -0.120. The molecule has 152 valence electrons. The summed E-state index contributed by atoms with van der Waals surface area (Å²) in [4.78, 5) is 12.5. The first-order valence-electron chi connectivity index (χ1n) is 9.27. The SMILES string of the molecule is Cc1ccccc1NC(=O)Cc1ccc2[nH]nc(-c3cccc(S(N)(=O)=O)c3)c2c1. The number of hydrogen-bond donors (Lipinski definition) is 3. The van der Waals surface area contributed by atoms with Crippen molar-refractivity contribution in [2.75, 3.05) is 5.32 Å². The first kappa shape index (κ1) is 19.8. The van der Waals surface area contributed by atoms with Gasteiger partial charge in [-0.2, -0.15) is 5.10 Å². The molecule has 3 aromatic carbocycles. The van der Waals surface area contributed by atoms with Gasteiger partial charge in [-0.25, -0.2) is 13.6 Å². The average Bonchev–Trinajstić information content (AvgIpc) is 3.12. The van der Waals surface area contributed by atoms with E-state index in [2.05, 4.69) is 15.5 Å². The number of hydrogen-bond acceptors (Lipinski definition) is 4. The van der Waals surface area contributed by atoms with Crippen LogP contribution >= 0.6 is 0 Å². The highest BCUT2D eigenvalue weighted by molar-refractivity contribution is 7.89. The number of anilines is 1. The van der Waals surface area contributed by atoms with Gasteiger partial charge in [0.05, 0.1) is 22.5 Å². The lowest BCUT2D eigenvalue weighted by molar-refractivity contribution is -0.115. The number of sulfonamides is 1. The number of nitrogens with two attached hydrogens (primary N) is 1. The van der Waals surface area contributed by atoms with Crippen LogP contribution in [-0.4, -0.2) is 24.5 Å². The summed E-state index contributed by atoms with van der Waals surface area (Å²) >= 11 is 0. The molecule has 0 bridgehead atoms. The van der Waals surface area contributed by atoms with Gasteiger partial charge >= 0.3 is 0 Å². The number of H-pyrrole nitrogens is 1. The predicted molar refractivity (Wildman–Crippen MR) is 116 cm³/mol. The number of nitrogens with zero attached hydrogens (tertiary/aromatic N) is 1. The second kappa shape index (κ2) is 7.74. The fourth-order valence-electron chi connectivity index (χ4n) is 3.30. The standard InChI is InChI=1S/C22H20N4O3S/c1-14-5-2-3-8-19(14)24-21(27)12-15-9-10-20-18(11-15)22(26-25-20)16-6-4-7-17(13-16)30(23,28)29/h2-11,13H,12H2,1H3,(H,24,27)(H,25,26)(H2,23,28,29). The van der Waals surface area contributed by atoms with Gasteiger partial charge in [-0.3, -0.25) is 9.89 Å². The Hall–Kier alpha value is -3.49. The minimum absolute atomic E-state index is 0.0184. The normalized spacial score (nSPS) is 11.5. The van der Waals surface area contributed by atoms with E-state index in [1.807, 2.05) is 49.4 Å². The van der Waals surface area contributed by atoms with E-state index < -0.39 is 10.0 Å². The van der Waals surface area contributed by atoms with E-state index in [1.54, 1.807) is 12.1 Å². The number of primary sulfonamides is 1. The third kappa shape index (κ3) is 4.10. The number of aromatic nitrogens is 2. The molecule has 4 aromatic rings. The molecule has 4 N–H and O–H groups in total. The summed E-state index contributed by atoms with van der Waals surface area (Å²) < 4.78 is 23.3. The number of aryl methyl sites for hydroxylation is 1. The molecular weight excluding hydrogens is 400 g/mol. The van der Waals surface area contributed by atoms with Crippen LogP contribution in [0.1, 0.15) is 11.1 Å². The first-order valence-corrected chi connectivity index (χ1v) is 10.8. The first-order chi connectivity index (χ1) is 14.3. The van der Waals surface area contributed by atoms with E-state index in [1.165, 1.54) is 12.1 Å². The highest BCUT2D eigenvalue weighted by Crippen LogP contribution is 2.28. The maximum Gasteiger partial charge on any atom is 0.238 e. The van der Waals surface area contributed by atoms with E-state index in [0.717, 1.165) is 27.7 Å². The molecule has 8 heteroatoms. The lowest BCUT2D eigenvalue weighted by Gasteiger charge is -2.08. The minimum atomic E-state index is -3.82. The molecule has 0 aliphatic carbocycles. The Morgan fingerprint density at radius 2 is 1.87 bits per heavy atom. The molecule has 0 saturated heterocycles. The highest BCUT2D eigenvalue weighted by Gasteiger charge is 2.14. The van der Waals surface area contributed by atoms with Gasteiger partial charge in [-0.1, -0.05) is 36.4 Å². The number of nitrogens with one attached hydrogen (secondary N) is 2. The molecule has 4 rings (SSSR count). The van der Waals surface area contributed by atoms with Crippen molar-refractivity contribution < 1.29 is 13.2 Å². The van der Waals surface area contributed by atoms with Gasteiger partial charge < -0.3 is 5.32 Å². The molecule has 1 amide bonds. The predicted octanol–water partition coefficient (Wildman–Crippen LogP) is 3.37. The van der Waals surface area contributed by atoms with Gasteiger partial charge in [0.15, 0.2) is 0 Å². The molecule has 0 spiro atoms. The summed E-state index contributed by atoms with van der Waals surface area (Å²) in [5.41, 5.74) is 4.60. The van der Waals surface area contributed by atoms with Crippen LogP contribution in [0.3, 0.4) is 0 Å². The fraction of sp³-hybridized carbons (Fsp3) is 0.0909. The Bertz CT molecular complexity index is 1360. The molecular formula is C22H20N4O3S. The molecule has 0 aliphatic heterocycles. The Morgan fingerprint density at radius 1 is 1.07 bits per heavy atom. The lowest BCUT2D eigenvalue weighted by atomic mass is 10.0. The molecule has 0 saturated carbocycles. The molecule has 0 fully saturated rings. The summed E-state index contributed by atoms with van der Waals surface area (Å²) in [7, 11) is -3.82. The zero-order valence-electron chi connectivity index (χ0n) is 16.2. The van der Waals surface area contributed by atoms with Gasteiger partial charge in [0.25, 0.3) is 0 Å². The number of fused-ring (bicyclic) bond motifs is 1. The maximum absolute atomic E-state index is 12.5. The van der Waals surface area contributed by atoms with Gasteiger partial charge in [0, 0.05) is 16.6 Å². The number of carbonyl (C=O) groups excluding carboxylic acids is 1. The summed E-state index contributed by atoms with van der Waals surface area (Å²) in [5, 5.41) is 16.2. The van der Waals surface area contributed by atoms with Crippen molar-refractivity contribution in [3.05, 3.63) is 77.9 Å². The van der Waals surface area contributed by atoms with Crippen LogP contribution in [0.2, 0.25) is 0 Å². The van der Waals surface area contributed by atoms with Crippen molar-refractivity contribution in [2.24, 2.45) is 5.14 Å². The van der Waals surface area contributed by atoms with Crippen LogP contribution in [0.15, 0.2) is 71.6 Å². The van der Waals surface area contributed by atoms with Gasteiger partial charge in [-0.05, 0) is 48.4 Å². The lowest BCUT2D eigenvalue weighted by Crippen LogP contribution is -2.15. The van der Waals surface area contributed by atoms with Crippen LogP contribution in [-0.2, 0) is 21.2 Å². The molecule has 0 aliphatic rings. The fourth-order valence-corrected chi connectivity index (χ4v) is 3.86. The largest absolute Gasteiger partial charge is 0.326 e. The zero-order valence-corrected chi connectivity index (χ0v) is 17.0. The minimum Gasteiger partial charge on any atom is -0.326 e. The molecule has 1 aromatic heterocycles. The van der Waals surface area contributed by atoms with Crippen LogP contribution in [0.25, 0.3) is 22.2 Å². The van der Waals surface area contributed by atoms with Gasteiger partial charge in [0.1, 0.15) is 0 Å². The molecule has 7 nitrogen and oxygen atoms in total. The smallest absolute Gasteiger partial charge is 0.238 e. The Balaban J connectivity index is 1.64. The highest BCUT2D eigenvalue weighted by atomic mass is 32.2. The van der Waals surface area contributed by atoms with Crippen LogP contribution in [0.4, 0.5) is 5.69 Å². The van der Waals surface area contributed by atoms with E-state index in [4.69, 9.17) is 5.14 Å². The second-order valence-electron chi connectivity index (χ2n) is 7.06. The third-order valence-corrected chi connectivity index (χ3v) is 5.76. The molecule has 30 heavy (non-hydrogen) atoms. The van der Waals surface area contributed by atoms with Crippen molar-refractivity contribution >= 4 is 32.5 Å². The number of carbonyl (C=O) groups is 1. The summed E-state index contributed by atoms with van der Waals surface area (Å²) in [6.45, 7) is 1.94. The number of para-hydroxylation sites is 1. The molecule has 0 radical (unpaired) electrons. The zero-order chi connectivity index (χ0) is 21.3. The topological polar surface area (TPSA) is 118 Å². The molecule has 0 atom stereocenters. The average molecular weight is 420 g/mol.